The lowest BCUT2D eigenvalue weighted by atomic mass is 9.91. The normalized spacial score (nSPS) is 13.0. The van der Waals surface area contributed by atoms with Gasteiger partial charge in [-0.15, -0.1) is 0 Å². The van der Waals surface area contributed by atoms with Gasteiger partial charge in [-0.25, -0.2) is 9.97 Å². The van der Waals surface area contributed by atoms with Crippen molar-refractivity contribution in [3.63, 3.8) is 0 Å². The third-order valence-electron chi connectivity index (χ3n) is 1.88. The van der Waals surface area contributed by atoms with Crippen molar-refractivity contribution < 1.29 is 13.2 Å². The third-order valence-corrected chi connectivity index (χ3v) is 1.88. The quantitative estimate of drug-likeness (QED) is 0.668. The monoisotopic (exact) mass is 218 g/mol. The number of aromatic nitrogens is 2. The van der Waals surface area contributed by atoms with E-state index >= 15 is 0 Å². The predicted octanol–water partition coefficient (Wildman–Crippen LogP) is 3.10. The van der Waals surface area contributed by atoms with Crippen LogP contribution in [0.3, 0.4) is 0 Å². The number of nitrogens with zero attached hydrogens (tertiary/aromatic N) is 2. The molecule has 0 amide bonds. The van der Waals surface area contributed by atoms with Gasteiger partial charge in [0.05, 0.1) is 5.69 Å². The fraction of sp³-hybridized carbons (Fsp3) is 0.600. The number of hydrogen-bond donors (Lipinski definition) is 0. The molecule has 0 saturated heterocycles. The Morgan fingerprint density at radius 1 is 1.07 bits per heavy atom. The van der Waals surface area contributed by atoms with Crippen molar-refractivity contribution >= 4 is 0 Å². The van der Waals surface area contributed by atoms with E-state index in [4.69, 9.17) is 0 Å². The molecule has 1 rings (SSSR count). The number of rotatable bonds is 0. The first kappa shape index (κ1) is 11.9. The molecule has 0 aliphatic carbocycles. The van der Waals surface area contributed by atoms with Crippen LogP contribution in [0.5, 0.6) is 0 Å². The van der Waals surface area contributed by atoms with Crippen LogP contribution in [0.4, 0.5) is 13.2 Å². The minimum absolute atomic E-state index is 0.335. The summed E-state index contributed by atoms with van der Waals surface area (Å²) >= 11 is 0. The summed E-state index contributed by atoms with van der Waals surface area (Å²) in [6.45, 7) is 6.98. The van der Waals surface area contributed by atoms with Crippen molar-refractivity contribution in [2.24, 2.45) is 0 Å². The highest BCUT2D eigenvalue weighted by molar-refractivity contribution is 5.18. The van der Waals surface area contributed by atoms with Crippen LogP contribution in [0.2, 0.25) is 0 Å². The van der Waals surface area contributed by atoms with Gasteiger partial charge in [-0.2, -0.15) is 13.2 Å². The minimum atomic E-state index is -4.48. The number of halogens is 3. The minimum Gasteiger partial charge on any atom is -0.230 e. The van der Waals surface area contributed by atoms with Crippen LogP contribution in [0.15, 0.2) is 6.07 Å². The van der Waals surface area contributed by atoms with Gasteiger partial charge in [0.1, 0.15) is 0 Å². The Morgan fingerprint density at radius 3 is 2.00 bits per heavy atom. The van der Waals surface area contributed by atoms with E-state index in [9.17, 15) is 13.2 Å². The van der Waals surface area contributed by atoms with Gasteiger partial charge in [-0.3, -0.25) is 0 Å². The second-order valence-corrected chi connectivity index (χ2v) is 4.47. The molecular weight excluding hydrogens is 205 g/mol. The SMILES string of the molecule is Cc1cc(C(C)(C)C)nc(C(F)(F)F)n1. The van der Waals surface area contributed by atoms with Crippen molar-refractivity contribution in [2.45, 2.75) is 39.3 Å². The summed E-state index contributed by atoms with van der Waals surface area (Å²) in [6, 6.07) is 1.58. The molecule has 0 aliphatic rings. The fourth-order valence-electron chi connectivity index (χ4n) is 1.08. The maximum atomic E-state index is 12.4. The van der Waals surface area contributed by atoms with Gasteiger partial charge in [0, 0.05) is 11.1 Å². The van der Waals surface area contributed by atoms with Gasteiger partial charge in [-0.05, 0) is 13.0 Å². The van der Waals surface area contributed by atoms with Crippen molar-refractivity contribution in [3.8, 4) is 0 Å². The Bertz CT molecular complexity index is 332. The standard InChI is InChI=1S/C10H13F3N2/c1-6-5-7(9(2,3)4)15-8(14-6)10(11,12)13/h5H,1-4H3. The molecule has 1 aromatic rings. The van der Waals surface area contributed by atoms with Crippen molar-refractivity contribution in [1.29, 1.82) is 0 Å². The second-order valence-electron chi connectivity index (χ2n) is 4.47. The molecule has 0 fully saturated rings. The molecule has 1 aromatic heterocycles. The van der Waals surface area contributed by atoms with Crippen LogP contribution < -0.4 is 0 Å². The summed E-state index contributed by atoms with van der Waals surface area (Å²) in [5, 5.41) is 0. The number of aryl methyl sites for hydroxylation is 1. The van der Waals surface area contributed by atoms with E-state index in [2.05, 4.69) is 9.97 Å². The molecule has 2 nitrogen and oxygen atoms in total. The summed E-state index contributed by atoms with van der Waals surface area (Å²) in [4.78, 5) is 6.92. The van der Waals surface area contributed by atoms with Gasteiger partial charge < -0.3 is 0 Å². The molecule has 0 aliphatic heterocycles. The summed E-state index contributed by atoms with van der Waals surface area (Å²) in [7, 11) is 0. The molecule has 15 heavy (non-hydrogen) atoms. The number of hydrogen-bond acceptors (Lipinski definition) is 2. The lowest BCUT2D eigenvalue weighted by Gasteiger charge is -2.19. The average Bonchev–Trinajstić information content (AvgIpc) is 1.99. The Kier molecular flexibility index (Phi) is 2.76. The summed E-state index contributed by atoms with van der Waals surface area (Å²) < 4.78 is 37.2. The van der Waals surface area contributed by atoms with Crippen molar-refractivity contribution in [2.75, 3.05) is 0 Å². The smallest absolute Gasteiger partial charge is 0.230 e. The van der Waals surface area contributed by atoms with E-state index in [-0.39, 0.29) is 0 Å². The molecule has 0 spiro atoms. The van der Waals surface area contributed by atoms with E-state index < -0.39 is 17.4 Å². The lowest BCUT2D eigenvalue weighted by Crippen LogP contribution is -2.19. The molecule has 5 heteroatoms. The van der Waals surface area contributed by atoms with Crippen LogP contribution in [-0.2, 0) is 11.6 Å². The largest absolute Gasteiger partial charge is 0.451 e. The first-order valence-corrected chi connectivity index (χ1v) is 4.54. The van der Waals surface area contributed by atoms with Gasteiger partial charge in [-0.1, -0.05) is 20.8 Å². The second kappa shape index (κ2) is 3.47. The van der Waals surface area contributed by atoms with Gasteiger partial charge in [0.15, 0.2) is 0 Å². The zero-order valence-electron chi connectivity index (χ0n) is 9.11. The van der Waals surface area contributed by atoms with E-state index in [0.717, 1.165) is 0 Å². The van der Waals surface area contributed by atoms with E-state index in [1.807, 2.05) is 20.8 Å². The third kappa shape index (κ3) is 2.91. The fourth-order valence-corrected chi connectivity index (χ4v) is 1.08. The van der Waals surface area contributed by atoms with Crippen LogP contribution in [0.1, 0.15) is 38.0 Å². The lowest BCUT2D eigenvalue weighted by molar-refractivity contribution is -0.145. The molecular formula is C10H13F3N2. The van der Waals surface area contributed by atoms with Gasteiger partial charge in [0.25, 0.3) is 0 Å². The van der Waals surface area contributed by atoms with Crippen LogP contribution in [-0.4, -0.2) is 9.97 Å². The van der Waals surface area contributed by atoms with E-state index in [1.165, 1.54) is 6.92 Å². The zero-order valence-corrected chi connectivity index (χ0v) is 9.11. The van der Waals surface area contributed by atoms with Crippen LogP contribution in [0, 0.1) is 6.92 Å². The Morgan fingerprint density at radius 2 is 1.60 bits per heavy atom. The van der Waals surface area contributed by atoms with Crippen LogP contribution >= 0.6 is 0 Å². The van der Waals surface area contributed by atoms with Crippen molar-refractivity contribution in [3.05, 3.63) is 23.3 Å². The molecule has 1 heterocycles. The molecule has 0 bridgehead atoms. The van der Waals surface area contributed by atoms with E-state index in [1.54, 1.807) is 6.07 Å². The van der Waals surface area contributed by atoms with Gasteiger partial charge in [0.2, 0.25) is 5.82 Å². The zero-order chi connectivity index (χ0) is 11.9. The Balaban J connectivity index is 3.30. The average molecular weight is 218 g/mol. The molecule has 0 aromatic carbocycles. The molecule has 0 atom stereocenters. The van der Waals surface area contributed by atoms with Crippen molar-refractivity contribution in [1.82, 2.24) is 9.97 Å². The summed E-state index contributed by atoms with van der Waals surface area (Å²) in [5.41, 5.74) is 0.331. The topological polar surface area (TPSA) is 25.8 Å². The summed E-state index contributed by atoms with van der Waals surface area (Å²) in [5.74, 6) is -1.06. The molecule has 84 valence electrons. The van der Waals surface area contributed by atoms with Gasteiger partial charge >= 0.3 is 6.18 Å². The van der Waals surface area contributed by atoms with E-state index in [0.29, 0.717) is 11.4 Å². The van der Waals surface area contributed by atoms with Crippen LogP contribution in [0.25, 0.3) is 0 Å². The molecule has 0 saturated carbocycles. The Hall–Kier alpha value is -1.13. The number of alkyl halides is 3. The highest BCUT2D eigenvalue weighted by Crippen LogP contribution is 2.28. The highest BCUT2D eigenvalue weighted by atomic mass is 19.4. The Labute approximate surface area is 86.6 Å². The first-order valence-electron chi connectivity index (χ1n) is 4.54. The predicted molar refractivity (Wildman–Crippen MR) is 50.5 cm³/mol. The summed E-state index contributed by atoms with van der Waals surface area (Å²) in [6.07, 6.45) is -4.48. The molecule has 0 N–H and O–H groups in total. The molecule has 0 unspecified atom stereocenters. The maximum Gasteiger partial charge on any atom is 0.451 e. The highest BCUT2D eigenvalue weighted by Gasteiger charge is 2.35. The maximum absolute atomic E-state index is 12.4. The molecule has 0 radical (unpaired) electrons. The first-order chi connectivity index (χ1) is 6.60.